The van der Waals surface area contributed by atoms with E-state index in [9.17, 15) is 4.79 Å². The average Bonchev–Trinajstić information content (AvgIpc) is 2.91. The van der Waals surface area contributed by atoms with Gasteiger partial charge in [-0.3, -0.25) is 0 Å². The molecule has 112 valence electrons. The van der Waals surface area contributed by atoms with Gasteiger partial charge in [0.05, 0.1) is 10.3 Å². The average molecular weight is 368 g/mol. The summed E-state index contributed by atoms with van der Waals surface area (Å²) in [5.74, 6) is 0. The molecule has 2 rings (SSSR count). The van der Waals surface area contributed by atoms with Crippen LogP contribution in [0.2, 0.25) is 0 Å². The van der Waals surface area contributed by atoms with Crippen LogP contribution >= 0.6 is 27.3 Å². The molecule has 21 heavy (non-hydrogen) atoms. The van der Waals surface area contributed by atoms with Crippen LogP contribution < -0.4 is 16.0 Å². The maximum Gasteiger partial charge on any atom is 0.319 e. The molecule has 1 aromatic heterocycles. The van der Waals surface area contributed by atoms with E-state index < -0.39 is 0 Å². The quantitative estimate of drug-likeness (QED) is 0.744. The fraction of sp³-hybridized carbons (Fsp3) is 0.267. The number of benzene rings is 1. The number of carbonyl (C=O) groups excluding carboxylic acids is 1. The molecule has 0 aliphatic heterocycles. The Kier molecular flexibility index (Phi) is 5.78. The van der Waals surface area contributed by atoms with Gasteiger partial charge in [-0.1, -0.05) is 12.1 Å². The lowest BCUT2D eigenvalue weighted by Crippen LogP contribution is -2.27. The molecule has 1 heterocycles. The maximum atomic E-state index is 11.8. The van der Waals surface area contributed by atoms with Gasteiger partial charge in [0.25, 0.3) is 0 Å². The topological polar surface area (TPSA) is 53.2 Å². The van der Waals surface area contributed by atoms with Crippen molar-refractivity contribution in [1.82, 2.24) is 10.6 Å². The van der Waals surface area contributed by atoms with E-state index in [-0.39, 0.29) is 6.03 Å². The minimum absolute atomic E-state index is 0.200. The Balaban J connectivity index is 1.84. The van der Waals surface area contributed by atoms with Crippen molar-refractivity contribution in [2.45, 2.75) is 19.5 Å². The Labute approximate surface area is 137 Å². The van der Waals surface area contributed by atoms with Gasteiger partial charge in [-0.2, -0.15) is 0 Å². The summed E-state index contributed by atoms with van der Waals surface area (Å²) in [6.07, 6.45) is 0. The van der Waals surface area contributed by atoms with Crippen LogP contribution in [0.15, 0.2) is 40.2 Å². The van der Waals surface area contributed by atoms with E-state index in [1.807, 2.05) is 43.4 Å². The fourth-order valence-corrected chi connectivity index (χ4v) is 3.23. The molecule has 1 unspecified atom stereocenters. The summed E-state index contributed by atoms with van der Waals surface area (Å²) in [5.41, 5.74) is 1.97. The summed E-state index contributed by atoms with van der Waals surface area (Å²) < 4.78 is 1.06. The normalized spacial score (nSPS) is 12.0. The lowest BCUT2D eigenvalue weighted by atomic mass is 10.1. The summed E-state index contributed by atoms with van der Waals surface area (Å²) in [6.45, 7) is 2.62. The monoisotopic (exact) mass is 367 g/mol. The molecule has 1 atom stereocenters. The predicted molar refractivity (Wildman–Crippen MR) is 91.8 cm³/mol. The number of anilines is 1. The van der Waals surface area contributed by atoms with Gasteiger partial charge in [0.2, 0.25) is 0 Å². The van der Waals surface area contributed by atoms with Crippen molar-refractivity contribution in [2.24, 2.45) is 0 Å². The Bertz CT molecular complexity index is 597. The second kappa shape index (κ2) is 7.59. The Morgan fingerprint density at radius 3 is 2.52 bits per heavy atom. The fourth-order valence-electron chi connectivity index (χ4n) is 1.81. The molecule has 0 spiro atoms. The smallest absolute Gasteiger partial charge is 0.319 e. The number of thiophene rings is 1. The lowest BCUT2D eigenvalue weighted by Gasteiger charge is -2.12. The molecule has 6 heteroatoms. The van der Waals surface area contributed by atoms with E-state index >= 15 is 0 Å². The number of hydrogen-bond acceptors (Lipinski definition) is 3. The van der Waals surface area contributed by atoms with Crippen LogP contribution in [0.5, 0.6) is 0 Å². The second-order valence-electron chi connectivity index (χ2n) is 4.65. The van der Waals surface area contributed by atoms with Crippen LogP contribution in [0.4, 0.5) is 10.5 Å². The highest BCUT2D eigenvalue weighted by Crippen LogP contribution is 2.21. The first-order valence-corrected chi connectivity index (χ1v) is 8.25. The molecule has 0 radical (unpaired) electrons. The Morgan fingerprint density at radius 1 is 1.24 bits per heavy atom. The highest BCUT2D eigenvalue weighted by molar-refractivity contribution is 9.11. The van der Waals surface area contributed by atoms with Crippen LogP contribution in [0, 0.1) is 0 Å². The first kappa shape index (κ1) is 16.0. The summed E-state index contributed by atoms with van der Waals surface area (Å²) in [5, 5.41) is 8.84. The molecular weight excluding hydrogens is 350 g/mol. The van der Waals surface area contributed by atoms with Crippen molar-refractivity contribution < 1.29 is 4.79 Å². The van der Waals surface area contributed by atoms with Gasteiger partial charge in [-0.15, -0.1) is 11.3 Å². The maximum absolute atomic E-state index is 11.8. The number of hydrogen-bond donors (Lipinski definition) is 3. The van der Waals surface area contributed by atoms with Crippen LogP contribution in [0.3, 0.4) is 0 Å². The molecule has 4 nitrogen and oxygen atoms in total. The molecule has 0 saturated heterocycles. The molecule has 0 fully saturated rings. The SMILES string of the molecule is CNC(C)c1ccc(NC(=O)NCc2ccc(Br)s2)cc1. The third kappa shape index (κ3) is 4.84. The van der Waals surface area contributed by atoms with Crippen molar-refractivity contribution in [3.05, 3.63) is 50.6 Å². The minimum atomic E-state index is -0.200. The van der Waals surface area contributed by atoms with Crippen molar-refractivity contribution in [2.75, 3.05) is 12.4 Å². The van der Waals surface area contributed by atoms with E-state index in [0.29, 0.717) is 12.6 Å². The van der Waals surface area contributed by atoms with Crippen molar-refractivity contribution in [3.63, 3.8) is 0 Å². The number of urea groups is 1. The van der Waals surface area contributed by atoms with Gasteiger partial charge in [0.1, 0.15) is 0 Å². The van der Waals surface area contributed by atoms with Gasteiger partial charge in [-0.05, 0) is 59.7 Å². The molecule has 0 saturated carbocycles. The first-order chi connectivity index (χ1) is 10.1. The Hall–Kier alpha value is -1.37. The van der Waals surface area contributed by atoms with Crippen molar-refractivity contribution >= 4 is 39.0 Å². The number of carbonyl (C=O) groups is 1. The van der Waals surface area contributed by atoms with Gasteiger partial charge in [0, 0.05) is 16.6 Å². The van der Waals surface area contributed by atoms with Crippen molar-refractivity contribution in [3.8, 4) is 0 Å². The van der Waals surface area contributed by atoms with Crippen LogP contribution in [-0.4, -0.2) is 13.1 Å². The molecule has 3 N–H and O–H groups in total. The minimum Gasteiger partial charge on any atom is -0.333 e. The molecule has 0 aliphatic carbocycles. The predicted octanol–water partition coefficient (Wildman–Crippen LogP) is 4.11. The molecule has 1 aromatic carbocycles. The lowest BCUT2D eigenvalue weighted by molar-refractivity contribution is 0.252. The van der Waals surface area contributed by atoms with Gasteiger partial charge in [0.15, 0.2) is 0 Å². The van der Waals surface area contributed by atoms with E-state index in [4.69, 9.17) is 0 Å². The largest absolute Gasteiger partial charge is 0.333 e. The zero-order valence-corrected chi connectivity index (χ0v) is 14.3. The summed E-state index contributed by atoms with van der Waals surface area (Å²) >= 11 is 5.01. The number of rotatable bonds is 5. The number of nitrogens with one attached hydrogen (secondary N) is 3. The Morgan fingerprint density at radius 2 is 1.95 bits per heavy atom. The summed E-state index contributed by atoms with van der Waals surface area (Å²) in [4.78, 5) is 12.9. The van der Waals surface area contributed by atoms with Gasteiger partial charge < -0.3 is 16.0 Å². The van der Waals surface area contributed by atoms with Crippen molar-refractivity contribution in [1.29, 1.82) is 0 Å². The summed E-state index contributed by atoms with van der Waals surface area (Å²) in [7, 11) is 1.92. The van der Waals surface area contributed by atoms with E-state index in [1.54, 1.807) is 11.3 Å². The summed E-state index contributed by atoms with van der Waals surface area (Å²) in [6, 6.07) is 11.9. The second-order valence-corrected chi connectivity index (χ2v) is 7.19. The molecule has 2 amide bonds. The van der Waals surface area contributed by atoms with E-state index in [2.05, 4.69) is 38.8 Å². The molecule has 0 bridgehead atoms. The van der Waals surface area contributed by atoms with E-state index in [1.165, 1.54) is 5.56 Å². The van der Waals surface area contributed by atoms with Crippen LogP contribution in [-0.2, 0) is 6.54 Å². The first-order valence-electron chi connectivity index (χ1n) is 6.65. The zero-order valence-electron chi connectivity index (χ0n) is 11.9. The van der Waals surface area contributed by atoms with Crippen LogP contribution in [0.1, 0.15) is 23.4 Å². The number of halogens is 1. The third-order valence-corrected chi connectivity index (χ3v) is 4.78. The standard InChI is InChI=1S/C15H18BrN3OS/c1-10(17-2)11-3-5-12(6-4-11)19-15(20)18-9-13-7-8-14(16)21-13/h3-8,10,17H,9H2,1-2H3,(H2,18,19,20). The molecule has 2 aromatic rings. The van der Waals surface area contributed by atoms with Crippen LogP contribution in [0.25, 0.3) is 0 Å². The highest BCUT2D eigenvalue weighted by Gasteiger charge is 2.05. The molecule has 0 aliphatic rings. The van der Waals surface area contributed by atoms with Gasteiger partial charge in [-0.25, -0.2) is 4.79 Å². The third-order valence-electron chi connectivity index (χ3n) is 3.15. The molecular formula is C15H18BrN3OS. The van der Waals surface area contributed by atoms with E-state index in [0.717, 1.165) is 14.4 Å². The van der Waals surface area contributed by atoms with Gasteiger partial charge >= 0.3 is 6.03 Å². The highest BCUT2D eigenvalue weighted by atomic mass is 79.9. The number of amides is 2. The zero-order chi connectivity index (χ0) is 15.2.